The third-order valence-electron chi connectivity index (χ3n) is 2.92. The van der Waals surface area contributed by atoms with Crippen molar-refractivity contribution in [2.75, 3.05) is 26.8 Å². The number of hydrogen-bond acceptors (Lipinski definition) is 4. The van der Waals surface area contributed by atoms with Crippen LogP contribution in [0.4, 0.5) is 0 Å². The highest BCUT2D eigenvalue weighted by Crippen LogP contribution is 2.13. The predicted molar refractivity (Wildman–Crippen MR) is 86.6 cm³/mol. The summed E-state index contributed by atoms with van der Waals surface area (Å²) in [4.78, 5) is 2.23. The lowest BCUT2D eigenvalue weighted by Gasteiger charge is -2.16. The molecule has 0 saturated carbocycles. The van der Waals surface area contributed by atoms with Crippen molar-refractivity contribution in [3.63, 3.8) is 0 Å². The Morgan fingerprint density at radius 1 is 1.33 bits per heavy atom. The second-order valence-electron chi connectivity index (χ2n) is 4.71. The van der Waals surface area contributed by atoms with E-state index in [1.54, 1.807) is 11.3 Å². The molecule has 1 heterocycles. The molecule has 21 heavy (non-hydrogen) atoms. The Labute approximate surface area is 129 Å². The van der Waals surface area contributed by atoms with Crippen LogP contribution in [-0.2, 0) is 6.54 Å². The fourth-order valence-electron chi connectivity index (χ4n) is 1.90. The summed E-state index contributed by atoms with van der Waals surface area (Å²) in [6.07, 6.45) is 0. The lowest BCUT2D eigenvalue weighted by atomic mass is 10.2. The molecule has 0 amide bonds. The number of hydrogen-bond donors (Lipinski definition) is 1. The molecular weight excluding hydrogens is 282 g/mol. The molecule has 0 atom stereocenters. The van der Waals surface area contributed by atoms with Crippen LogP contribution in [-0.4, -0.2) is 36.8 Å². The second-order valence-corrected chi connectivity index (χ2v) is 5.49. The van der Waals surface area contributed by atoms with E-state index in [1.165, 1.54) is 5.56 Å². The number of rotatable bonds is 6. The summed E-state index contributed by atoms with van der Waals surface area (Å²) in [7, 11) is 2.09. The van der Waals surface area contributed by atoms with Gasteiger partial charge in [0.15, 0.2) is 0 Å². The summed E-state index contributed by atoms with van der Waals surface area (Å²) < 4.78 is 5.75. The van der Waals surface area contributed by atoms with E-state index in [0.29, 0.717) is 6.61 Å². The van der Waals surface area contributed by atoms with Crippen molar-refractivity contribution < 1.29 is 9.84 Å². The van der Waals surface area contributed by atoms with E-state index in [2.05, 4.69) is 40.6 Å². The van der Waals surface area contributed by atoms with Gasteiger partial charge in [-0.15, -0.1) is 0 Å². The Hall–Kier alpha value is -1.80. The fraction of sp³-hybridized carbons (Fsp3) is 0.294. The minimum atomic E-state index is -0.127. The monoisotopic (exact) mass is 301 g/mol. The van der Waals surface area contributed by atoms with E-state index in [-0.39, 0.29) is 6.61 Å². The van der Waals surface area contributed by atoms with Crippen molar-refractivity contribution in [2.24, 2.45) is 0 Å². The van der Waals surface area contributed by atoms with Crippen LogP contribution in [0.3, 0.4) is 0 Å². The van der Waals surface area contributed by atoms with Gasteiger partial charge in [0, 0.05) is 18.7 Å². The Kier molecular flexibility index (Phi) is 6.29. The van der Waals surface area contributed by atoms with Crippen LogP contribution in [0.1, 0.15) is 11.1 Å². The van der Waals surface area contributed by atoms with Gasteiger partial charge in [0.1, 0.15) is 19.0 Å². The van der Waals surface area contributed by atoms with Crippen molar-refractivity contribution in [1.82, 2.24) is 4.90 Å². The van der Waals surface area contributed by atoms with Gasteiger partial charge in [-0.25, -0.2) is 0 Å². The predicted octanol–water partition coefficient (Wildman–Crippen LogP) is 2.60. The molecule has 2 rings (SSSR count). The SMILES string of the molecule is CN(CCOc1cccc(C#CCO)c1)Cc1ccsc1. The second kappa shape index (κ2) is 8.48. The normalized spacial score (nSPS) is 10.2. The molecule has 110 valence electrons. The smallest absolute Gasteiger partial charge is 0.120 e. The Morgan fingerprint density at radius 3 is 3.00 bits per heavy atom. The standard InChI is InChI=1S/C17H19NO2S/c1-18(13-16-7-11-21-14-16)8-10-20-17-6-2-4-15(12-17)5-3-9-19/h2,4,6-7,11-12,14,19H,8-10,13H2,1H3. The molecule has 0 aliphatic rings. The summed E-state index contributed by atoms with van der Waals surface area (Å²) in [6.45, 7) is 2.31. The number of benzene rings is 1. The van der Waals surface area contributed by atoms with Crippen molar-refractivity contribution in [3.05, 3.63) is 52.2 Å². The summed E-state index contributed by atoms with van der Waals surface area (Å²) >= 11 is 1.72. The average molecular weight is 301 g/mol. The minimum Gasteiger partial charge on any atom is -0.492 e. The highest BCUT2D eigenvalue weighted by atomic mass is 32.1. The number of aliphatic hydroxyl groups is 1. The molecule has 1 aromatic carbocycles. The van der Waals surface area contributed by atoms with E-state index in [4.69, 9.17) is 9.84 Å². The van der Waals surface area contributed by atoms with Crippen molar-refractivity contribution in [1.29, 1.82) is 0 Å². The Bertz CT molecular complexity index is 599. The van der Waals surface area contributed by atoms with Crippen LogP contribution < -0.4 is 4.74 Å². The number of likely N-dealkylation sites (N-methyl/N-ethyl adjacent to an activating group) is 1. The van der Waals surface area contributed by atoms with Crippen LogP contribution in [0.2, 0.25) is 0 Å². The van der Waals surface area contributed by atoms with Gasteiger partial charge in [0.2, 0.25) is 0 Å². The maximum Gasteiger partial charge on any atom is 0.120 e. The van der Waals surface area contributed by atoms with E-state index >= 15 is 0 Å². The van der Waals surface area contributed by atoms with Crippen LogP contribution in [0.5, 0.6) is 5.75 Å². The number of aliphatic hydroxyl groups excluding tert-OH is 1. The molecule has 0 radical (unpaired) electrons. The van der Waals surface area contributed by atoms with Crippen LogP contribution in [0, 0.1) is 11.8 Å². The molecule has 0 saturated heterocycles. The molecule has 0 aliphatic carbocycles. The van der Waals surface area contributed by atoms with Gasteiger partial charge in [-0.2, -0.15) is 11.3 Å². The zero-order valence-corrected chi connectivity index (χ0v) is 12.9. The van der Waals surface area contributed by atoms with Crippen LogP contribution >= 0.6 is 11.3 Å². The van der Waals surface area contributed by atoms with Gasteiger partial charge < -0.3 is 9.84 Å². The first-order valence-electron chi connectivity index (χ1n) is 6.80. The molecule has 0 fully saturated rings. The molecule has 2 aromatic rings. The third-order valence-corrected chi connectivity index (χ3v) is 3.65. The number of nitrogens with zero attached hydrogens (tertiary/aromatic N) is 1. The first-order valence-corrected chi connectivity index (χ1v) is 7.74. The lowest BCUT2D eigenvalue weighted by Crippen LogP contribution is -2.23. The largest absolute Gasteiger partial charge is 0.492 e. The average Bonchev–Trinajstić information content (AvgIpc) is 2.98. The maximum absolute atomic E-state index is 8.70. The summed E-state index contributed by atoms with van der Waals surface area (Å²) in [5.74, 6) is 6.32. The lowest BCUT2D eigenvalue weighted by molar-refractivity contribution is 0.233. The fourth-order valence-corrected chi connectivity index (χ4v) is 2.56. The zero-order chi connectivity index (χ0) is 14.9. The van der Waals surface area contributed by atoms with Crippen molar-refractivity contribution in [3.8, 4) is 17.6 Å². The van der Waals surface area contributed by atoms with E-state index in [0.717, 1.165) is 24.4 Å². The molecular formula is C17H19NO2S. The minimum absolute atomic E-state index is 0.127. The molecule has 0 bridgehead atoms. The van der Waals surface area contributed by atoms with Gasteiger partial charge >= 0.3 is 0 Å². The quantitative estimate of drug-likeness (QED) is 0.833. The topological polar surface area (TPSA) is 32.7 Å². The molecule has 4 heteroatoms. The number of thiophene rings is 1. The van der Waals surface area contributed by atoms with Crippen LogP contribution in [0.25, 0.3) is 0 Å². The van der Waals surface area contributed by atoms with Gasteiger partial charge in [-0.3, -0.25) is 4.90 Å². The van der Waals surface area contributed by atoms with Gasteiger partial charge in [-0.1, -0.05) is 17.9 Å². The van der Waals surface area contributed by atoms with Gasteiger partial charge in [-0.05, 0) is 47.6 Å². The summed E-state index contributed by atoms with van der Waals surface area (Å²) in [5, 5.41) is 13.0. The molecule has 1 aromatic heterocycles. The van der Waals surface area contributed by atoms with Gasteiger partial charge in [0.05, 0.1) is 0 Å². The third kappa shape index (κ3) is 5.60. The molecule has 1 N–H and O–H groups in total. The Morgan fingerprint density at radius 2 is 2.24 bits per heavy atom. The molecule has 3 nitrogen and oxygen atoms in total. The van der Waals surface area contributed by atoms with E-state index < -0.39 is 0 Å². The highest BCUT2D eigenvalue weighted by Gasteiger charge is 2.01. The zero-order valence-electron chi connectivity index (χ0n) is 12.1. The summed E-state index contributed by atoms with van der Waals surface area (Å²) in [6, 6.07) is 9.76. The molecule has 0 aliphatic heterocycles. The van der Waals surface area contributed by atoms with Crippen molar-refractivity contribution >= 4 is 11.3 Å². The van der Waals surface area contributed by atoms with Crippen molar-refractivity contribution in [2.45, 2.75) is 6.54 Å². The first kappa shape index (κ1) is 15.6. The molecule has 0 unspecified atom stereocenters. The Balaban J connectivity index is 1.77. The van der Waals surface area contributed by atoms with E-state index in [1.807, 2.05) is 24.3 Å². The summed E-state index contributed by atoms with van der Waals surface area (Å²) in [5.41, 5.74) is 2.19. The maximum atomic E-state index is 8.70. The van der Waals surface area contributed by atoms with E-state index in [9.17, 15) is 0 Å². The number of ether oxygens (including phenoxy) is 1. The highest BCUT2D eigenvalue weighted by molar-refractivity contribution is 7.07. The van der Waals surface area contributed by atoms with Gasteiger partial charge in [0.25, 0.3) is 0 Å². The van der Waals surface area contributed by atoms with Crippen LogP contribution in [0.15, 0.2) is 41.1 Å². The first-order chi connectivity index (χ1) is 10.3. The molecule has 0 spiro atoms.